The van der Waals surface area contributed by atoms with Gasteiger partial charge in [0, 0.05) is 5.69 Å². The molecule has 0 unspecified atom stereocenters. The lowest BCUT2D eigenvalue weighted by Crippen LogP contribution is -2.23. The topological polar surface area (TPSA) is 62.7 Å². The molecule has 0 heterocycles. The third kappa shape index (κ3) is 6.26. The normalized spacial score (nSPS) is 10.6. The number of aryl methyl sites for hydroxylation is 2. The van der Waals surface area contributed by atoms with Crippen LogP contribution in [0.3, 0.4) is 0 Å². The zero-order valence-corrected chi connectivity index (χ0v) is 17.0. The van der Waals surface area contributed by atoms with Crippen molar-refractivity contribution in [2.24, 2.45) is 5.10 Å². The minimum Gasteiger partial charge on any atom is -0.423 e. The first-order chi connectivity index (χ1) is 14.0. The Balaban J connectivity index is 1.52. The van der Waals surface area contributed by atoms with Gasteiger partial charge in [-0.1, -0.05) is 29.8 Å². The molecule has 0 aliphatic carbocycles. The molecule has 3 aromatic carbocycles. The summed E-state index contributed by atoms with van der Waals surface area (Å²) in [6.07, 6.45) is 1.64. The Kier molecular flexibility index (Phi) is 6.71. The fourth-order valence-electron chi connectivity index (χ4n) is 2.61. The van der Waals surface area contributed by atoms with Gasteiger partial charge in [0.05, 0.1) is 11.8 Å². The van der Waals surface area contributed by atoms with Crippen LogP contribution in [-0.2, 0) is 0 Å². The Labute approximate surface area is 175 Å². The van der Waals surface area contributed by atoms with E-state index in [-0.39, 0.29) is 5.97 Å². The summed E-state index contributed by atoms with van der Waals surface area (Å²) in [5.41, 5.74) is 7.19. The zero-order chi connectivity index (χ0) is 20.6. The molecule has 0 radical (unpaired) electrons. The van der Waals surface area contributed by atoms with Crippen LogP contribution in [0.25, 0.3) is 0 Å². The van der Waals surface area contributed by atoms with Crippen LogP contribution in [0.15, 0.2) is 77.9 Å². The number of thiocarbonyl (C=S) groups is 1. The first-order valence-electron chi connectivity index (χ1n) is 9.05. The number of ether oxygens (including phenoxy) is 1. The van der Waals surface area contributed by atoms with Crippen molar-refractivity contribution in [1.82, 2.24) is 5.43 Å². The molecular weight excluding hydrogens is 382 g/mol. The van der Waals surface area contributed by atoms with Crippen molar-refractivity contribution in [3.8, 4) is 5.75 Å². The van der Waals surface area contributed by atoms with Gasteiger partial charge in [0.2, 0.25) is 0 Å². The standard InChI is InChI=1S/C23H21N3O2S/c1-16-5-3-7-19(13-16)22(27)28-21-11-9-18(10-12-21)15-24-26-23(29)25-20-8-4-6-17(2)14-20/h3-15H,1-2H3,(H2,25,26,29)/b24-15+. The lowest BCUT2D eigenvalue weighted by Gasteiger charge is -2.07. The summed E-state index contributed by atoms with van der Waals surface area (Å²) < 4.78 is 5.40. The molecule has 0 saturated carbocycles. The van der Waals surface area contributed by atoms with E-state index in [0.717, 1.165) is 22.4 Å². The van der Waals surface area contributed by atoms with E-state index in [1.165, 1.54) is 0 Å². The summed E-state index contributed by atoms with van der Waals surface area (Å²) in [6.45, 7) is 3.95. The van der Waals surface area contributed by atoms with Crippen LogP contribution >= 0.6 is 12.2 Å². The number of hydrogen-bond acceptors (Lipinski definition) is 4. The van der Waals surface area contributed by atoms with Crippen molar-refractivity contribution < 1.29 is 9.53 Å². The molecule has 146 valence electrons. The fraction of sp³-hybridized carbons (Fsp3) is 0.0870. The molecule has 0 amide bonds. The lowest BCUT2D eigenvalue weighted by atomic mass is 10.1. The van der Waals surface area contributed by atoms with Gasteiger partial charge in [0.1, 0.15) is 5.75 Å². The number of rotatable bonds is 5. The third-order valence-corrected chi connectivity index (χ3v) is 4.19. The molecule has 29 heavy (non-hydrogen) atoms. The number of nitrogens with zero attached hydrogens (tertiary/aromatic N) is 1. The number of nitrogens with one attached hydrogen (secondary N) is 2. The third-order valence-electron chi connectivity index (χ3n) is 4.00. The average molecular weight is 404 g/mol. The highest BCUT2D eigenvalue weighted by atomic mass is 32.1. The number of hydrogen-bond donors (Lipinski definition) is 2. The summed E-state index contributed by atoms with van der Waals surface area (Å²) in [6, 6.07) is 22.2. The summed E-state index contributed by atoms with van der Waals surface area (Å²) in [4.78, 5) is 12.2. The van der Waals surface area contributed by atoms with Gasteiger partial charge in [-0.2, -0.15) is 5.10 Å². The van der Waals surface area contributed by atoms with Crippen molar-refractivity contribution in [3.05, 3.63) is 95.1 Å². The Bertz CT molecular complexity index is 1050. The number of carbonyl (C=O) groups is 1. The van der Waals surface area contributed by atoms with E-state index in [1.807, 2.05) is 50.2 Å². The molecule has 0 aromatic heterocycles. The number of carbonyl (C=O) groups excluding carboxylic acids is 1. The molecule has 0 atom stereocenters. The molecular formula is C23H21N3O2S. The van der Waals surface area contributed by atoms with Crippen molar-refractivity contribution in [1.29, 1.82) is 0 Å². The Morgan fingerprint density at radius 2 is 1.66 bits per heavy atom. The lowest BCUT2D eigenvalue weighted by molar-refractivity contribution is 0.0734. The minimum absolute atomic E-state index is 0.385. The van der Waals surface area contributed by atoms with Crippen LogP contribution in [0.2, 0.25) is 0 Å². The highest BCUT2D eigenvalue weighted by Gasteiger charge is 2.08. The maximum absolute atomic E-state index is 12.2. The summed E-state index contributed by atoms with van der Waals surface area (Å²) in [5, 5.41) is 7.59. The van der Waals surface area contributed by atoms with E-state index in [0.29, 0.717) is 16.4 Å². The average Bonchev–Trinajstić information content (AvgIpc) is 2.69. The van der Waals surface area contributed by atoms with E-state index in [9.17, 15) is 4.79 Å². The molecule has 0 aliphatic heterocycles. The van der Waals surface area contributed by atoms with E-state index in [2.05, 4.69) is 15.8 Å². The summed E-state index contributed by atoms with van der Waals surface area (Å²) in [5.74, 6) is 0.0857. The van der Waals surface area contributed by atoms with E-state index in [1.54, 1.807) is 42.6 Å². The molecule has 3 rings (SSSR count). The summed E-state index contributed by atoms with van der Waals surface area (Å²) >= 11 is 5.23. The van der Waals surface area contributed by atoms with Gasteiger partial charge >= 0.3 is 5.97 Å². The molecule has 0 fully saturated rings. The molecule has 0 spiro atoms. The molecule has 0 saturated heterocycles. The van der Waals surface area contributed by atoms with E-state index >= 15 is 0 Å². The van der Waals surface area contributed by atoms with Crippen LogP contribution in [-0.4, -0.2) is 17.3 Å². The van der Waals surface area contributed by atoms with Crippen LogP contribution in [0.5, 0.6) is 5.75 Å². The van der Waals surface area contributed by atoms with Crippen LogP contribution in [0.4, 0.5) is 5.69 Å². The van der Waals surface area contributed by atoms with Crippen molar-refractivity contribution in [2.45, 2.75) is 13.8 Å². The van der Waals surface area contributed by atoms with Crippen LogP contribution in [0, 0.1) is 13.8 Å². The van der Waals surface area contributed by atoms with Gasteiger partial charge in [-0.25, -0.2) is 4.79 Å². The minimum atomic E-state index is -0.385. The maximum atomic E-state index is 12.2. The second kappa shape index (κ2) is 9.61. The van der Waals surface area contributed by atoms with Crippen molar-refractivity contribution >= 4 is 35.2 Å². The maximum Gasteiger partial charge on any atom is 0.343 e. The number of hydrazone groups is 1. The number of esters is 1. The fourth-order valence-corrected chi connectivity index (χ4v) is 2.78. The van der Waals surface area contributed by atoms with E-state index < -0.39 is 0 Å². The molecule has 2 N–H and O–H groups in total. The first-order valence-corrected chi connectivity index (χ1v) is 9.46. The monoisotopic (exact) mass is 403 g/mol. The van der Waals surface area contributed by atoms with Gasteiger partial charge in [-0.3, -0.25) is 5.43 Å². The van der Waals surface area contributed by atoms with Crippen LogP contribution in [0.1, 0.15) is 27.0 Å². The predicted molar refractivity (Wildman–Crippen MR) is 121 cm³/mol. The van der Waals surface area contributed by atoms with Gasteiger partial charge in [0.15, 0.2) is 5.11 Å². The number of anilines is 1. The quantitative estimate of drug-likeness (QED) is 0.210. The van der Waals surface area contributed by atoms with Gasteiger partial charge in [0.25, 0.3) is 0 Å². The Morgan fingerprint density at radius 3 is 2.34 bits per heavy atom. The highest BCUT2D eigenvalue weighted by molar-refractivity contribution is 7.80. The van der Waals surface area contributed by atoms with Gasteiger partial charge in [-0.15, -0.1) is 0 Å². The molecule has 5 nitrogen and oxygen atoms in total. The van der Waals surface area contributed by atoms with E-state index in [4.69, 9.17) is 17.0 Å². The second-order valence-electron chi connectivity index (χ2n) is 6.52. The Hall–Kier alpha value is -3.51. The smallest absolute Gasteiger partial charge is 0.343 e. The second-order valence-corrected chi connectivity index (χ2v) is 6.93. The Morgan fingerprint density at radius 1 is 0.966 bits per heavy atom. The molecule has 3 aromatic rings. The van der Waals surface area contributed by atoms with Gasteiger partial charge in [-0.05, 0) is 85.7 Å². The SMILES string of the molecule is Cc1cccc(NC(=S)N/N=C/c2ccc(OC(=O)c3cccc(C)c3)cc2)c1. The first kappa shape index (κ1) is 20.2. The van der Waals surface area contributed by atoms with Crippen LogP contribution < -0.4 is 15.5 Å². The predicted octanol–water partition coefficient (Wildman–Crippen LogP) is 4.84. The largest absolute Gasteiger partial charge is 0.423 e. The molecule has 0 bridgehead atoms. The summed E-state index contributed by atoms with van der Waals surface area (Å²) in [7, 11) is 0. The number of benzene rings is 3. The molecule has 6 heteroatoms. The van der Waals surface area contributed by atoms with Crippen molar-refractivity contribution in [2.75, 3.05) is 5.32 Å². The zero-order valence-electron chi connectivity index (χ0n) is 16.2. The van der Waals surface area contributed by atoms with Crippen molar-refractivity contribution in [3.63, 3.8) is 0 Å². The highest BCUT2D eigenvalue weighted by Crippen LogP contribution is 2.14. The van der Waals surface area contributed by atoms with Gasteiger partial charge < -0.3 is 10.1 Å². The molecule has 0 aliphatic rings.